The highest BCUT2D eigenvalue weighted by Gasteiger charge is 2.38. The Morgan fingerprint density at radius 2 is 1.88 bits per heavy atom. The lowest BCUT2D eigenvalue weighted by Gasteiger charge is -2.41. The van der Waals surface area contributed by atoms with Crippen molar-refractivity contribution in [2.75, 3.05) is 19.8 Å². The van der Waals surface area contributed by atoms with E-state index < -0.39 is 11.6 Å². The lowest BCUT2D eigenvalue weighted by molar-refractivity contribution is -0.297. The molecule has 0 saturated carbocycles. The van der Waals surface area contributed by atoms with Crippen molar-refractivity contribution >= 4 is 0 Å². The maximum absolute atomic E-state index is 9.65. The van der Waals surface area contributed by atoms with Crippen molar-refractivity contribution in [3.05, 3.63) is 12.7 Å². The minimum atomic E-state index is -1.30. The molecule has 1 rings (SSSR count). The lowest BCUT2D eigenvalue weighted by atomic mass is 9.93. The third-order valence-electron chi connectivity index (χ3n) is 2.63. The molecule has 16 heavy (non-hydrogen) atoms. The minimum Gasteiger partial charge on any atom is -0.362 e. The van der Waals surface area contributed by atoms with Gasteiger partial charge in [0.2, 0.25) is 0 Å². The van der Waals surface area contributed by atoms with Crippen molar-refractivity contribution in [2.24, 2.45) is 5.41 Å². The molecule has 0 aliphatic carbocycles. The third-order valence-corrected chi connectivity index (χ3v) is 2.63. The fourth-order valence-corrected chi connectivity index (χ4v) is 1.24. The van der Waals surface area contributed by atoms with Gasteiger partial charge in [0.15, 0.2) is 11.6 Å². The van der Waals surface area contributed by atoms with Crippen LogP contribution in [0.5, 0.6) is 0 Å². The monoisotopic (exact) mass is 230 g/mol. The Morgan fingerprint density at radius 1 is 1.38 bits per heavy atom. The average molecular weight is 230 g/mol. The predicted molar refractivity (Wildman–Crippen MR) is 60.9 cm³/mol. The van der Waals surface area contributed by atoms with Gasteiger partial charge in [-0.05, 0) is 26.8 Å². The average Bonchev–Trinajstić information content (AvgIpc) is 2.21. The van der Waals surface area contributed by atoms with Crippen LogP contribution in [-0.2, 0) is 14.2 Å². The molecule has 0 amide bonds. The number of hydrogen-bond donors (Lipinski definition) is 1. The van der Waals surface area contributed by atoms with Crippen molar-refractivity contribution in [1.82, 2.24) is 0 Å². The molecule has 1 heterocycles. The van der Waals surface area contributed by atoms with Crippen molar-refractivity contribution in [1.29, 1.82) is 0 Å². The summed E-state index contributed by atoms with van der Waals surface area (Å²) < 4.78 is 16.5. The summed E-state index contributed by atoms with van der Waals surface area (Å²) in [7, 11) is 0. The number of aliphatic hydroxyl groups is 1. The molecule has 1 aliphatic heterocycles. The van der Waals surface area contributed by atoms with Gasteiger partial charge in [0, 0.05) is 5.41 Å². The molecule has 94 valence electrons. The second-order valence-electron chi connectivity index (χ2n) is 5.34. The minimum absolute atomic E-state index is 0.234. The molecular weight excluding hydrogens is 208 g/mol. The molecule has 0 aromatic rings. The van der Waals surface area contributed by atoms with Crippen LogP contribution in [0.3, 0.4) is 0 Å². The van der Waals surface area contributed by atoms with Gasteiger partial charge in [0.05, 0.1) is 19.8 Å². The molecule has 0 bridgehead atoms. The Kier molecular flexibility index (Phi) is 3.80. The van der Waals surface area contributed by atoms with Crippen LogP contribution in [-0.4, -0.2) is 36.5 Å². The van der Waals surface area contributed by atoms with E-state index in [-0.39, 0.29) is 5.41 Å². The molecule has 1 atom stereocenters. The molecule has 0 radical (unpaired) electrons. The Morgan fingerprint density at radius 3 is 2.31 bits per heavy atom. The normalized spacial score (nSPS) is 27.1. The maximum Gasteiger partial charge on any atom is 0.182 e. The van der Waals surface area contributed by atoms with Gasteiger partial charge in [-0.25, -0.2) is 0 Å². The van der Waals surface area contributed by atoms with Crippen LogP contribution in [0.15, 0.2) is 12.7 Å². The first-order valence-electron chi connectivity index (χ1n) is 5.46. The molecule has 1 N–H and O–H groups in total. The predicted octanol–water partition coefficient (Wildman–Crippen LogP) is 1.69. The van der Waals surface area contributed by atoms with Crippen LogP contribution in [0.4, 0.5) is 0 Å². The Labute approximate surface area is 97.2 Å². The first-order valence-corrected chi connectivity index (χ1v) is 5.46. The fourth-order valence-electron chi connectivity index (χ4n) is 1.24. The van der Waals surface area contributed by atoms with Gasteiger partial charge < -0.3 is 19.3 Å². The molecule has 1 saturated heterocycles. The summed E-state index contributed by atoms with van der Waals surface area (Å²) in [6.45, 7) is 12.3. The lowest BCUT2D eigenvalue weighted by Crippen LogP contribution is -2.48. The number of ether oxygens (including phenoxy) is 3. The van der Waals surface area contributed by atoms with Gasteiger partial charge in [-0.1, -0.05) is 13.5 Å². The topological polar surface area (TPSA) is 47.9 Å². The maximum atomic E-state index is 9.65. The summed E-state index contributed by atoms with van der Waals surface area (Å²) >= 11 is 0. The van der Waals surface area contributed by atoms with Crippen molar-refractivity contribution in [3.8, 4) is 0 Å². The van der Waals surface area contributed by atoms with Crippen LogP contribution in [0.2, 0.25) is 0 Å². The highest BCUT2D eigenvalue weighted by atomic mass is 16.7. The summed E-state index contributed by atoms with van der Waals surface area (Å²) in [5.74, 6) is -1.82. The Balaban J connectivity index is 2.46. The molecule has 0 aromatic heterocycles. The van der Waals surface area contributed by atoms with Crippen LogP contribution < -0.4 is 0 Å². The second kappa shape index (κ2) is 4.45. The summed E-state index contributed by atoms with van der Waals surface area (Å²) in [5, 5.41) is 9.65. The molecule has 1 aliphatic rings. The van der Waals surface area contributed by atoms with Crippen molar-refractivity contribution < 1.29 is 19.3 Å². The van der Waals surface area contributed by atoms with Crippen molar-refractivity contribution in [3.63, 3.8) is 0 Å². The van der Waals surface area contributed by atoms with Gasteiger partial charge in [0.25, 0.3) is 0 Å². The van der Waals surface area contributed by atoms with E-state index in [4.69, 9.17) is 14.2 Å². The van der Waals surface area contributed by atoms with E-state index in [2.05, 4.69) is 6.58 Å². The molecule has 4 nitrogen and oxygen atoms in total. The van der Waals surface area contributed by atoms with Crippen LogP contribution in [0, 0.1) is 5.41 Å². The SMILES string of the molecule is C=CC(C)(O)OCC1(C)COC(C)(C)OC1. The summed E-state index contributed by atoms with van der Waals surface area (Å²) in [5.41, 5.74) is -0.234. The van der Waals surface area contributed by atoms with Crippen LogP contribution in [0.1, 0.15) is 27.7 Å². The second-order valence-corrected chi connectivity index (χ2v) is 5.34. The number of rotatable bonds is 4. The Bertz CT molecular complexity index is 248. The van der Waals surface area contributed by atoms with Crippen LogP contribution >= 0.6 is 0 Å². The fraction of sp³-hybridized carbons (Fsp3) is 0.833. The van der Waals surface area contributed by atoms with E-state index in [0.29, 0.717) is 19.8 Å². The van der Waals surface area contributed by atoms with E-state index in [0.717, 1.165) is 0 Å². The summed E-state index contributed by atoms with van der Waals surface area (Å²) in [4.78, 5) is 0. The highest BCUT2D eigenvalue weighted by Crippen LogP contribution is 2.30. The zero-order valence-corrected chi connectivity index (χ0v) is 10.6. The molecular formula is C12H22O4. The van der Waals surface area contributed by atoms with E-state index in [1.807, 2.05) is 20.8 Å². The van der Waals surface area contributed by atoms with E-state index in [1.54, 1.807) is 6.92 Å². The summed E-state index contributed by atoms with van der Waals surface area (Å²) in [6, 6.07) is 0. The Hall–Kier alpha value is -0.420. The van der Waals surface area contributed by atoms with Crippen LogP contribution in [0.25, 0.3) is 0 Å². The number of hydrogen-bond acceptors (Lipinski definition) is 4. The molecule has 1 unspecified atom stereocenters. The molecule has 4 heteroatoms. The zero-order valence-electron chi connectivity index (χ0n) is 10.6. The zero-order chi connectivity index (χ0) is 12.4. The molecule has 0 spiro atoms. The standard InChI is InChI=1S/C12H22O4/c1-6-12(5,13)16-9-11(4)7-14-10(2,3)15-8-11/h6,13H,1,7-9H2,2-5H3. The largest absolute Gasteiger partial charge is 0.362 e. The van der Waals surface area contributed by atoms with E-state index >= 15 is 0 Å². The van der Waals surface area contributed by atoms with Gasteiger partial charge in [-0.2, -0.15) is 0 Å². The highest BCUT2D eigenvalue weighted by molar-refractivity contribution is 4.86. The quantitative estimate of drug-likeness (QED) is 0.589. The smallest absolute Gasteiger partial charge is 0.182 e. The molecule has 0 aromatic carbocycles. The first-order chi connectivity index (χ1) is 7.18. The van der Waals surface area contributed by atoms with Gasteiger partial charge in [0.1, 0.15) is 0 Å². The van der Waals surface area contributed by atoms with E-state index in [1.165, 1.54) is 6.08 Å². The van der Waals surface area contributed by atoms with Crippen molar-refractivity contribution in [2.45, 2.75) is 39.3 Å². The van der Waals surface area contributed by atoms with E-state index in [9.17, 15) is 5.11 Å². The van der Waals surface area contributed by atoms with Gasteiger partial charge in [-0.3, -0.25) is 0 Å². The molecule has 1 fully saturated rings. The first kappa shape index (κ1) is 13.6. The summed E-state index contributed by atoms with van der Waals surface area (Å²) in [6.07, 6.45) is 1.37. The van der Waals surface area contributed by atoms with Gasteiger partial charge in [-0.15, -0.1) is 0 Å². The third kappa shape index (κ3) is 3.87. The van der Waals surface area contributed by atoms with Gasteiger partial charge >= 0.3 is 0 Å².